The van der Waals surface area contributed by atoms with Gasteiger partial charge in [0.05, 0.1) is 13.2 Å². The zero-order valence-electron chi connectivity index (χ0n) is 8.19. The van der Waals surface area contributed by atoms with Gasteiger partial charge in [0, 0.05) is 0 Å². The van der Waals surface area contributed by atoms with Crippen LogP contribution in [0.25, 0.3) is 0 Å². The predicted molar refractivity (Wildman–Crippen MR) is 49.9 cm³/mol. The Morgan fingerprint density at radius 1 is 1.20 bits per heavy atom. The second-order valence-electron chi connectivity index (χ2n) is 3.32. The molecule has 1 unspecified atom stereocenters. The SMILES string of the molecule is C=CCOC1O[C@H](CO)[C@@H](O)[C@@H](O)[C@H]1O. The fourth-order valence-electron chi connectivity index (χ4n) is 1.37. The molecule has 0 bridgehead atoms. The zero-order chi connectivity index (χ0) is 11.4. The lowest BCUT2D eigenvalue weighted by atomic mass is 9.99. The van der Waals surface area contributed by atoms with Gasteiger partial charge in [0.15, 0.2) is 6.29 Å². The molecule has 1 fully saturated rings. The van der Waals surface area contributed by atoms with Crippen LogP contribution in [0.5, 0.6) is 0 Å². The summed E-state index contributed by atoms with van der Waals surface area (Å²) in [5.41, 5.74) is 0. The third kappa shape index (κ3) is 2.75. The standard InChI is InChI=1S/C9H16O6/c1-2-3-14-9-8(13)7(12)6(11)5(4-10)15-9/h2,5-13H,1,3-4H2/t5-,6-,7-,8-,9?/m1/s1. The van der Waals surface area contributed by atoms with Crippen molar-refractivity contribution in [3.05, 3.63) is 12.7 Å². The molecule has 1 heterocycles. The Kier molecular flexibility index (Phi) is 4.65. The molecule has 5 atom stereocenters. The number of rotatable bonds is 4. The number of ether oxygens (including phenoxy) is 2. The van der Waals surface area contributed by atoms with Gasteiger partial charge in [-0.3, -0.25) is 0 Å². The Labute approximate surface area is 87.4 Å². The fraction of sp³-hybridized carbons (Fsp3) is 0.778. The molecule has 15 heavy (non-hydrogen) atoms. The largest absolute Gasteiger partial charge is 0.394 e. The molecular formula is C9H16O6. The fourth-order valence-corrected chi connectivity index (χ4v) is 1.37. The first-order chi connectivity index (χ1) is 7.11. The molecule has 0 amide bonds. The number of hydrogen-bond acceptors (Lipinski definition) is 6. The van der Waals surface area contributed by atoms with Crippen LogP contribution in [0.4, 0.5) is 0 Å². The summed E-state index contributed by atoms with van der Waals surface area (Å²) in [6.45, 7) is 3.10. The zero-order valence-corrected chi connectivity index (χ0v) is 8.19. The summed E-state index contributed by atoms with van der Waals surface area (Å²) in [5, 5.41) is 37.1. The molecule has 4 N–H and O–H groups in total. The minimum Gasteiger partial charge on any atom is -0.394 e. The second-order valence-corrected chi connectivity index (χ2v) is 3.32. The molecular weight excluding hydrogens is 204 g/mol. The Balaban J connectivity index is 2.60. The molecule has 6 nitrogen and oxygen atoms in total. The van der Waals surface area contributed by atoms with Gasteiger partial charge in [0.25, 0.3) is 0 Å². The van der Waals surface area contributed by atoms with Crippen molar-refractivity contribution in [2.24, 2.45) is 0 Å². The number of hydrogen-bond donors (Lipinski definition) is 4. The van der Waals surface area contributed by atoms with Crippen molar-refractivity contribution >= 4 is 0 Å². The Morgan fingerprint density at radius 3 is 2.40 bits per heavy atom. The van der Waals surface area contributed by atoms with Gasteiger partial charge in [-0.1, -0.05) is 6.08 Å². The quantitative estimate of drug-likeness (QED) is 0.408. The van der Waals surface area contributed by atoms with E-state index in [1.807, 2.05) is 0 Å². The maximum atomic E-state index is 9.47. The van der Waals surface area contributed by atoms with Crippen LogP contribution in [0.15, 0.2) is 12.7 Å². The van der Waals surface area contributed by atoms with Gasteiger partial charge in [-0.2, -0.15) is 0 Å². The number of aliphatic hydroxyl groups excluding tert-OH is 4. The van der Waals surface area contributed by atoms with Crippen molar-refractivity contribution in [3.63, 3.8) is 0 Å². The molecule has 0 saturated carbocycles. The first-order valence-electron chi connectivity index (χ1n) is 4.64. The van der Waals surface area contributed by atoms with Gasteiger partial charge in [-0.25, -0.2) is 0 Å². The average Bonchev–Trinajstić information content (AvgIpc) is 2.25. The Bertz CT molecular complexity index is 207. The van der Waals surface area contributed by atoms with Gasteiger partial charge in [0.1, 0.15) is 24.4 Å². The van der Waals surface area contributed by atoms with Crippen molar-refractivity contribution in [2.45, 2.75) is 30.7 Å². The van der Waals surface area contributed by atoms with Gasteiger partial charge in [-0.15, -0.1) is 6.58 Å². The van der Waals surface area contributed by atoms with Crippen LogP contribution >= 0.6 is 0 Å². The topological polar surface area (TPSA) is 99.4 Å². The van der Waals surface area contributed by atoms with E-state index in [4.69, 9.17) is 14.6 Å². The second kappa shape index (κ2) is 5.55. The molecule has 1 aliphatic heterocycles. The molecule has 88 valence electrons. The van der Waals surface area contributed by atoms with Gasteiger partial charge >= 0.3 is 0 Å². The van der Waals surface area contributed by atoms with E-state index in [-0.39, 0.29) is 6.61 Å². The minimum absolute atomic E-state index is 0.142. The van der Waals surface area contributed by atoms with Crippen LogP contribution in [-0.2, 0) is 9.47 Å². The van der Waals surface area contributed by atoms with Gasteiger partial charge < -0.3 is 29.9 Å². The van der Waals surface area contributed by atoms with E-state index in [0.29, 0.717) is 0 Å². The summed E-state index contributed by atoms with van der Waals surface area (Å²) in [5.74, 6) is 0. The van der Waals surface area contributed by atoms with Crippen LogP contribution in [-0.4, -0.2) is 64.3 Å². The van der Waals surface area contributed by atoms with E-state index in [2.05, 4.69) is 6.58 Å². The summed E-state index contributed by atoms with van der Waals surface area (Å²) >= 11 is 0. The van der Waals surface area contributed by atoms with Gasteiger partial charge in [0.2, 0.25) is 0 Å². The van der Waals surface area contributed by atoms with Crippen molar-refractivity contribution in [1.82, 2.24) is 0 Å². The Morgan fingerprint density at radius 2 is 1.87 bits per heavy atom. The summed E-state index contributed by atoms with van der Waals surface area (Å²) in [4.78, 5) is 0. The minimum atomic E-state index is -1.40. The maximum Gasteiger partial charge on any atom is 0.187 e. The molecule has 6 heteroatoms. The number of aliphatic hydroxyl groups is 4. The van der Waals surface area contributed by atoms with E-state index >= 15 is 0 Å². The van der Waals surface area contributed by atoms with Crippen LogP contribution in [0.3, 0.4) is 0 Å². The molecule has 0 radical (unpaired) electrons. The van der Waals surface area contributed by atoms with Crippen molar-refractivity contribution < 1.29 is 29.9 Å². The molecule has 0 aromatic carbocycles. The molecule has 1 rings (SSSR count). The highest BCUT2D eigenvalue weighted by Gasteiger charge is 2.43. The lowest BCUT2D eigenvalue weighted by Crippen LogP contribution is -2.59. The molecule has 0 aromatic heterocycles. The molecule has 1 aliphatic rings. The molecule has 0 spiro atoms. The van der Waals surface area contributed by atoms with E-state index in [0.717, 1.165) is 0 Å². The molecule has 0 aromatic rings. The highest BCUT2D eigenvalue weighted by molar-refractivity contribution is 4.89. The van der Waals surface area contributed by atoms with Crippen LogP contribution in [0.1, 0.15) is 0 Å². The first kappa shape index (κ1) is 12.6. The van der Waals surface area contributed by atoms with Crippen LogP contribution in [0.2, 0.25) is 0 Å². The lowest BCUT2D eigenvalue weighted by molar-refractivity contribution is -0.298. The van der Waals surface area contributed by atoms with E-state index < -0.39 is 37.3 Å². The molecule has 1 saturated heterocycles. The summed E-state index contributed by atoms with van der Waals surface area (Å²) < 4.78 is 10.1. The lowest BCUT2D eigenvalue weighted by Gasteiger charge is -2.39. The average molecular weight is 220 g/mol. The third-order valence-corrected chi connectivity index (χ3v) is 2.23. The summed E-state index contributed by atoms with van der Waals surface area (Å²) in [6.07, 6.45) is -4.64. The highest BCUT2D eigenvalue weighted by atomic mass is 16.7. The van der Waals surface area contributed by atoms with Crippen molar-refractivity contribution in [3.8, 4) is 0 Å². The highest BCUT2D eigenvalue weighted by Crippen LogP contribution is 2.21. The van der Waals surface area contributed by atoms with Crippen molar-refractivity contribution in [1.29, 1.82) is 0 Å². The van der Waals surface area contributed by atoms with E-state index in [1.165, 1.54) is 6.08 Å². The summed E-state index contributed by atoms with van der Waals surface area (Å²) in [6, 6.07) is 0. The Hall–Kier alpha value is -0.500. The van der Waals surface area contributed by atoms with Crippen LogP contribution in [0, 0.1) is 0 Å². The normalized spacial score (nSPS) is 41.5. The third-order valence-electron chi connectivity index (χ3n) is 2.23. The van der Waals surface area contributed by atoms with E-state index in [9.17, 15) is 15.3 Å². The predicted octanol–water partition coefficient (Wildman–Crippen LogP) is -2.01. The molecule has 0 aliphatic carbocycles. The van der Waals surface area contributed by atoms with E-state index in [1.54, 1.807) is 0 Å². The maximum absolute atomic E-state index is 9.47. The van der Waals surface area contributed by atoms with Gasteiger partial charge in [-0.05, 0) is 0 Å². The summed E-state index contributed by atoms with van der Waals surface area (Å²) in [7, 11) is 0. The van der Waals surface area contributed by atoms with Crippen LogP contribution < -0.4 is 0 Å². The first-order valence-corrected chi connectivity index (χ1v) is 4.64. The monoisotopic (exact) mass is 220 g/mol. The van der Waals surface area contributed by atoms with Crippen molar-refractivity contribution in [2.75, 3.05) is 13.2 Å². The smallest absolute Gasteiger partial charge is 0.187 e.